The first-order valence-corrected chi connectivity index (χ1v) is 9.78. The molecule has 0 spiro atoms. The van der Waals surface area contributed by atoms with Crippen LogP contribution in [0.2, 0.25) is 5.02 Å². The molecule has 150 valence electrons. The number of anilines is 1. The van der Waals surface area contributed by atoms with Crippen molar-refractivity contribution in [2.45, 2.75) is 44.6 Å². The number of alkyl halides is 2. The molecule has 0 saturated heterocycles. The van der Waals surface area contributed by atoms with E-state index >= 15 is 0 Å². The van der Waals surface area contributed by atoms with Crippen LogP contribution in [0, 0.1) is 6.92 Å². The second-order valence-corrected chi connectivity index (χ2v) is 8.10. The Bertz CT molecular complexity index is 938. The Balaban J connectivity index is 1.90. The molecule has 1 fully saturated rings. The van der Waals surface area contributed by atoms with Gasteiger partial charge in [-0.15, -0.1) is 0 Å². The molecule has 0 radical (unpaired) electrons. The first-order valence-electron chi connectivity index (χ1n) is 8.61. The van der Waals surface area contributed by atoms with Crippen LogP contribution in [0.4, 0.5) is 14.5 Å². The number of aryl methyl sites for hydroxylation is 1. The largest absolute Gasteiger partial charge is 0.366 e. The number of nitrogens with one attached hydrogen (secondary N) is 1. The molecular weight excluding hydrogens is 458 g/mol. The Morgan fingerprint density at radius 1 is 1.32 bits per heavy atom. The fourth-order valence-corrected chi connectivity index (χ4v) is 4.02. The molecule has 28 heavy (non-hydrogen) atoms. The second kappa shape index (κ2) is 7.79. The number of carbonyl (C=O) groups is 2. The Labute approximate surface area is 173 Å². The Morgan fingerprint density at radius 2 is 1.96 bits per heavy atom. The van der Waals surface area contributed by atoms with Gasteiger partial charge >= 0.3 is 0 Å². The molecule has 0 atom stereocenters. The summed E-state index contributed by atoms with van der Waals surface area (Å²) in [6.07, 6.45) is -0.0710. The van der Waals surface area contributed by atoms with Crippen LogP contribution in [0.25, 0.3) is 0 Å². The van der Waals surface area contributed by atoms with Crippen LogP contribution in [0.5, 0.6) is 0 Å². The highest BCUT2D eigenvalue weighted by molar-refractivity contribution is 9.10. The van der Waals surface area contributed by atoms with Crippen molar-refractivity contribution in [1.82, 2.24) is 9.78 Å². The van der Waals surface area contributed by atoms with E-state index in [2.05, 4.69) is 26.3 Å². The summed E-state index contributed by atoms with van der Waals surface area (Å²) in [5.41, 5.74) is 6.50. The van der Waals surface area contributed by atoms with Gasteiger partial charge in [0.15, 0.2) is 0 Å². The molecule has 0 bridgehead atoms. The van der Waals surface area contributed by atoms with E-state index in [9.17, 15) is 18.4 Å². The molecule has 1 heterocycles. The zero-order chi connectivity index (χ0) is 20.6. The topological polar surface area (TPSA) is 90.0 Å². The first kappa shape index (κ1) is 20.7. The number of carbonyl (C=O) groups excluding carboxylic acids is 2. The van der Waals surface area contributed by atoms with Gasteiger partial charge in [0.05, 0.1) is 17.3 Å². The smallest absolute Gasteiger partial charge is 0.274 e. The van der Waals surface area contributed by atoms with Gasteiger partial charge in [-0.05, 0) is 53.4 Å². The molecule has 1 aromatic carbocycles. The maximum Gasteiger partial charge on any atom is 0.274 e. The van der Waals surface area contributed by atoms with Crippen LogP contribution in [0.15, 0.2) is 22.8 Å². The van der Waals surface area contributed by atoms with Crippen molar-refractivity contribution < 1.29 is 18.4 Å². The molecule has 6 nitrogen and oxygen atoms in total. The molecule has 3 rings (SSSR count). The van der Waals surface area contributed by atoms with Gasteiger partial charge in [0.25, 0.3) is 11.8 Å². The lowest BCUT2D eigenvalue weighted by atomic mass is 9.92. The molecule has 2 aromatic rings. The van der Waals surface area contributed by atoms with E-state index in [4.69, 9.17) is 17.3 Å². The highest BCUT2D eigenvalue weighted by Gasteiger charge is 2.37. The summed E-state index contributed by atoms with van der Waals surface area (Å²) in [5, 5.41) is 7.26. The molecule has 0 aliphatic heterocycles. The third kappa shape index (κ3) is 4.35. The van der Waals surface area contributed by atoms with E-state index in [1.807, 2.05) is 0 Å². The van der Waals surface area contributed by atoms with Gasteiger partial charge < -0.3 is 11.1 Å². The molecule has 1 aliphatic carbocycles. The number of aromatic nitrogens is 2. The van der Waals surface area contributed by atoms with Crippen molar-refractivity contribution in [1.29, 1.82) is 0 Å². The number of nitrogens with zero attached hydrogens (tertiary/aromatic N) is 2. The van der Waals surface area contributed by atoms with Gasteiger partial charge in [0, 0.05) is 23.9 Å². The third-order valence-corrected chi connectivity index (χ3v) is 5.38. The normalized spacial score (nSPS) is 16.8. The summed E-state index contributed by atoms with van der Waals surface area (Å²) < 4.78 is 28.8. The summed E-state index contributed by atoms with van der Waals surface area (Å²) in [4.78, 5) is 24.6. The molecule has 2 amide bonds. The monoisotopic (exact) mass is 474 g/mol. The SMILES string of the molecule is Cc1cc(Cl)cc(C(N)=O)c1NC(=O)c1cc(Br)nn1C1CCC(F)(F)CC1. The highest BCUT2D eigenvalue weighted by atomic mass is 79.9. The average molecular weight is 476 g/mol. The van der Waals surface area contributed by atoms with Gasteiger partial charge in [-0.2, -0.15) is 5.10 Å². The molecule has 10 heteroatoms. The summed E-state index contributed by atoms with van der Waals surface area (Å²) in [6.45, 7) is 1.68. The zero-order valence-electron chi connectivity index (χ0n) is 14.9. The van der Waals surface area contributed by atoms with Gasteiger partial charge in [-0.3, -0.25) is 14.3 Å². The molecule has 1 aromatic heterocycles. The van der Waals surface area contributed by atoms with Crippen LogP contribution >= 0.6 is 27.5 Å². The van der Waals surface area contributed by atoms with E-state index in [1.165, 1.54) is 16.8 Å². The van der Waals surface area contributed by atoms with Gasteiger partial charge in [-0.1, -0.05) is 11.6 Å². The molecule has 1 saturated carbocycles. The van der Waals surface area contributed by atoms with E-state index in [1.54, 1.807) is 13.0 Å². The quantitative estimate of drug-likeness (QED) is 0.671. The van der Waals surface area contributed by atoms with Crippen LogP contribution < -0.4 is 11.1 Å². The van der Waals surface area contributed by atoms with Crippen molar-refractivity contribution in [3.63, 3.8) is 0 Å². The number of amides is 2. The van der Waals surface area contributed by atoms with Crippen molar-refractivity contribution in [3.05, 3.63) is 44.6 Å². The summed E-state index contributed by atoms with van der Waals surface area (Å²) >= 11 is 9.21. The molecule has 0 unspecified atom stereocenters. The Morgan fingerprint density at radius 3 is 2.57 bits per heavy atom. The zero-order valence-corrected chi connectivity index (χ0v) is 17.3. The summed E-state index contributed by atoms with van der Waals surface area (Å²) in [7, 11) is 0. The fraction of sp³-hybridized carbons (Fsp3) is 0.389. The lowest BCUT2D eigenvalue weighted by Crippen LogP contribution is -2.29. The van der Waals surface area contributed by atoms with Gasteiger partial charge in [0.2, 0.25) is 5.92 Å². The fourth-order valence-electron chi connectivity index (χ4n) is 3.36. The first-order chi connectivity index (χ1) is 13.1. The number of benzene rings is 1. The van der Waals surface area contributed by atoms with Crippen LogP contribution in [-0.4, -0.2) is 27.5 Å². The van der Waals surface area contributed by atoms with E-state index < -0.39 is 17.7 Å². The number of nitrogens with two attached hydrogens (primary N) is 1. The van der Waals surface area contributed by atoms with Crippen LogP contribution in [0.3, 0.4) is 0 Å². The lowest BCUT2D eigenvalue weighted by molar-refractivity contribution is -0.0451. The Hall–Kier alpha value is -2.00. The summed E-state index contributed by atoms with van der Waals surface area (Å²) in [5.74, 6) is -3.94. The van der Waals surface area contributed by atoms with Gasteiger partial charge in [0.1, 0.15) is 10.3 Å². The minimum atomic E-state index is -2.68. The van der Waals surface area contributed by atoms with E-state index in [-0.39, 0.29) is 48.7 Å². The average Bonchev–Trinajstić information content (AvgIpc) is 2.98. The number of halogens is 4. The minimum absolute atomic E-state index is 0.0841. The van der Waals surface area contributed by atoms with Crippen LogP contribution in [0.1, 0.15) is 58.1 Å². The van der Waals surface area contributed by atoms with Crippen LogP contribution in [-0.2, 0) is 0 Å². The number of primary amides is 1. The van der Waals surface area contributed by atoms with Crippen molar-refractivity contribution in [3.8, 4) is 0 Å². The van der Waals surface area contributed by atoms with Crippen molar-refractivity contribution in [2.75, 3.05) is 5.32 Å². The maximum absolute atomic E-state index is 13.5. The minimum Gasteiger partial charge on any atom is -0.366 e. The van der Waals surface area contributed by atoms with Crippen molar-refractivity contribution in [2.24, 2.45) is 5.73 Å². The Kier molecular flexibility index (Phi) is 5.77. The molecule has 3 N–H and O–H groups in total. The second-order valence-electron chi connectivity index (χ2n) is 6.85. The van der Waals surface area contributed by atoms with Gasteiger partial charge in [-0.25, -0.2) is 8.78 Å². The number of rotatable bonds is 4. The molecular formula is C18H18BrClF2N4O2. The van der Waals surface area contributed by atoms with E-state index in [0.717, 1.165) is 0 Å². The lowest BCUT2D eigenvalue weighted by Gasteiger charge is -2.29. The number of hydrogen-bond donors (Lipinski definition) is 2. The van der Waals surface area contributed by atoms with Crippen molar-refractivity contribution >= 4 is 45.0 Å². The maximum atomic E-state index is 13.5. The third-order valence-electron chi connectivity index (χ3n) is 4.78. The molecule has 1 aliphatic rings. The summed E-state index contributed by atoms with van der Waals surface area (Å²) in [6, 6.07) is 4.17. The predicted octanol–water partition coefficient (Wildman–Crippen LogP) is 4.71. The highest BCUT2D eigenvalue weighted by Crippen LogP contribution is 2.39. The standard InChI is InChI=1S/C18H18BrClF2N4O2/c1-9-6-10(20)7-12(16(23)27)15(9)24-17(28)13-8-14(19)25-26(13)11-2-4-18(21,22)5-3-11/h6-8,11H,2-5H2,1H3,(H2,23,27)(H,24,28). The van der Waals surface area contributed by atoms with E-state index in [0.29, 0.717) is 15.2 Å². The number of hydrogen-bond acceptors (Lipinski definition) is 3. The predicted molar refractivity (Wildman–Crippen MR) is 105 cm³/mol.